The Morgan fingerprint density at radius 1 is 1.25 bits per heavy atom. The summed E-state index contributed by atoms with van der Waals surface area (Å²) in [4.78, 5) is 2.35. The summed E-state index contributed by atoms with van der Waals surface area (Å²) in [6.45, 7) is 10.4. The Labute approximate surface area is 123 Å². The monoisotopic (exact) mass is 279 g/mol. The first-order valence-corrected chi connectivity index (χ1v) is 7.43. The van der Waals surface area contributed by atoms with Crippen LogP contribution >= 0.6 is 0 Å². The lowest BCUT2D eigenvalue weighted by atomic mass is 10.2. The van der Waals surface area contributed by atoms with E-state index in [0.717, 1.165) is 30.2 Å². The maximum absolute atomic E-state index is 5.91. The second-order valence-corrected chi connectivity index (χ2v) is 5.62. The van der Waals surface area contributed by atoms with Gasteiger partial charge in [-0.2, -0.15) is 0 Å². The van der Waals surface area contributed by atoms with Crippen LogP contribution in [0.4, 0.5) is 11.4 Å². The van der Waals surface area contributed by atoms with Gasteiger partial charge in [-0.25, -0.2) is 0 Å². The Bertz CT molecular complexity index is 407. The van der Waals surface area contributed by atoms with Crippen LogP contribution in [0.25, 0.3) is 0 Å². The van der Waals surface area contributed by atoms with Crippen LogP contribution in [0.1, 0.15) is 34.1 Å². The maximum atomic E-state index is 5.91. The number of hydrogen-bond acceptors (Lipinski definition) is 4. The third-order valence-electron chi connectivity index (χ3n) is 3.44. The van der Waals surface area contributed by atoms with E-state index in [1.54, 1.807) is 0 Å². The SMILES string of the molecule is CCC(C)N(C)CCNc1cc(N)cc(OC(C)C)c1. The summed E-state index contributed by atoms with van der Waals surface area (Å²) in [5.41, 5.74) is 7.64. The van der Waals surface area contributed by atoms with Crippen molar-refractivity contribution in [3.63, 3.8) is 0 Å². The molecule has 20 heavy (non-hydrogen) atoms. The van der Waals surface area contributed by atoms with Gasteiger partial charge in [0.25, 0.3) is 0 Å². The molecule has 0 radical (unpaired) electrons. The van der Waals surface area contributed by atoms with Crippen LogP contribution in [0.15, 0.2) is 18.2 Å². The van der Waals surface area contributed by atoms with Crippen molar-refractivity contribution in [1.82, 2.24) is 4.90 Å². The summed E-state index contributed by atoms with van der Waals surface area (Å²) < 4.78 is 5.69. The van der Waals surface area contributed by atoms with Gasteiger partial charge in [-0.3, -0.25) is 0 Å². The normalized spacial score (nSPS) is 12.8. The molecule has 114 valence electrons. The van der Waals surface area contributed by atoms with Crippen LogP contribution < -0.4 is 15.8 Å². The first-order chi connectivity index (χ1) is 9.42. The van der Waals surface area contributed by atoms with Crippen molar-refractivity contribution in [3.05, 3.63) is 18.2 Å². The zero-order valence-electron chi connectivity index (χ0n) is 13.4. The third-order valence-corrected chi connectivity index (χ3v) is 3.44. The Morgan fingerprint density at radius 2 is 1.95 bits per heavy atom. The van der Waals surface area contributed by atoms with Gasteiger partial charge in [0.15, 0.2) is 0 Å². The van der Waals surface area contributed by atoms with Crippen LogP contribution in [0.2, 0.25) is 0 Å². The fraction of sp³-hybridized carbons (Fsp3) is 0.625. The molecule has 0 spiro atoms. The molecule has 1 rings (SSSR count). The second-order valence-electron chi connectivity index (χ2n) is 5.62. The molecule has 1 aromatic rings. The zero-order chi connectivity index (χ0) is 15.1. The largest absolute Gasteiger partial charge is 0.491 e. The minimum atomic E-state index is 0.154. The number of benzene rings is 1. The van der Waals surface area contributed by atoms with E-state index in [4.69, 9.17) is 10.5 Å². The number of anilines is 2. The number of nitrogens with one attached hydrogen (secondary N) is 1. The molecule has 3 N–H and O–H groups in total. The molecule has 0 heterocycles. The lowest BCUT2D eigenvalue weighted by Gasteiger charge is -2.23. The highest BCUT2D eigenvalue weighted by atomic mass is 16.5. The number of rotatable bonds is 8. The molecular weight excluding hydrogens is 250 g/mol. The van der Waals surface area contributed by atoms with Crippen molar-refractivity contribution in [3.8, 4) is 5.75 Å². The molecule has 0 aromatic heterocycles. The lowest BCUT2D eigenvalue weighted by molar-refractivity contribution is 0.242. The molecule has 1 unspecified atom stereocenters. The summed E-state index contributed by atoms with van der Waals surface area (Å²) in [7, 11) is 2.16. The third kappa shape index (κ3) is 5.70. The molecule has 4 heteroatoms. The van der Waals surface area contributed by atoms with E-state index in [1.165, 1.54) is 6.42 Å². The Hall–Kier alpha value is -1.42. The number of nitrogens with zero attached hydrogens (tertiary/aromatic N) is 1. The van der Waals surface area contributed by atoms with Crippen molar-refractivity contribution in [2.75, 3.05) is 31.2 Å². The number of likely N-dealkylation sites (N-methyl/N-ethyl adjacent to an activating group) is 1. The summed E-state index contributed by atoms with van der Waals surface area (Å²) in [6, 6.07) is 6.41. The predicted molar refractivity (Wildman–Crippen MR) is 87.5 cm³/mol. The summed E-state index contributed by atoms with van der Waals surface area (Å²) in [5, 5.41) is 3.41. The second kappa shape index (κ2) is 8.00. The van der Waals surface area contributed by atoms with Crippen LogP contribution in [-0.2, 0) is 0 Å². The maximum Gasteiger partial charge on any atom is 0.123 e. The quantitative estimate of drug-likeness (QED) is 0.718. The van der Waals surface area contributed by atoms with Gasteiger partial charge in [0.1, 0.15) is 5.75 Å². The summed E-state index contributed by atoms with van der Waals surface area (Å²) in [6.07, 6.45) is 1.32. The van der Waals surface area contributed by atoms with Gasteiger partial charge in [-0.15, -0.1) is 0 Å². The van der Waals surface area contributed by atoms with E-state index in [1.807, 2.05) is 32.0 Å². The highest BCUT2D eigenvalue weighted by Crippen LogP contribution is 2.23. The topological polar surface area (TPSA) is 50.5 Å². The predicted octanol–water partition coefficient (Wildman–Crippen LogP) is 3.20. The fourth-order valence-corrected chi connectivity index (χ4v) is 1.97. The van der Waals surface area contributed by atoms with Crippen molar-refractivity contribution in [2.24, 2.45) is 0 Å². The minimum absolute atomic E-state index is 0.154. The van der Waals surface area contributed by atoms with E-state index in [9.17, 15) is 0 Å². The highest BCUT2D eigenvalue weighted by molar-refractivity contribution is 5.59. The average molecular weight is 279 g/mol. The van der Waals surface area contributed by atoms with Gasteiger partial charge in [0.2, 0.25) is 0 Å². The standard InChI is InChI=1S/C16H29N3O/c1-6-13(4)19(5)8-7-18-15-9-14(17)10-16(11-15)20-12(2)3/h9-13,18H,6-8,17H2,1-5H3. The molecule has 0 saturated heterocycles. The molecule has 0 bridgehead atoms. The zero-order valence-corrected chi connectivity index (χ0v) is 13.4. The molecule has 0 saturated carbocycles. The molecule has 0 aliphatic heterocycles. The molecule has 0 aliphatic rings. The van der Waals surface area contributed by atoms with Gasteiger partial charge in [0.05, 0.1) is 6.10 Å². The smallest absolute Gasteiger partial charge is 0.123 e. The molecule has 1 atom stereocenters. The van der Waals surface area contributed by atoms with Crippen LogP contribution in [-0.4, -0.2) is 37.2 Å². The fourth-order valence-electron chi connectivity index (χ4n) is 1.97. The number of nitrogens with two attached hydrogens (primary N) is 1. The van der Waals surface area contributed by atoms with E-state index in [0.29, 0.717) is 6.04 Å². The van der Waals surface area contributed by atoms with Gasteiger partial charge in [-0.1, -0.05) is 6.92 Å². The van der Waals surface area contributed by atoms with Gasteiger partial charge < -0.3 is 20.7 Å². The van der Waals surface area contributed by atoms with Crippen molar-refractivity contribution in [1.29, 1.82) is 0 Å². The van der Waals surface area contributed by atoms with Crippen LogP contribution in [0.3, 0.4) is 0 Å². The summed E-state index contributed by atoms with van der Waals surface area (Å²) in [5.74, 6) is 0.817. The van der Waals surface area contributed by atoms with E-state index in [-0.39, 0.29) is 6.10 Å². The molecule has 0 amide bonds. The molecule has 4 nitrogen and oxygen atoms in total. The first-order valence-electron chi connectivity index (χ1n) is 7.43. The highest BCUT2D eigenvalue weighted by Gasteiger charge is 2.06. The molecular formula is C16H29N3O. The van der Waals surface area contributed by atoms with E-state index < -0.39 is 0 Å². The van der Waals surface area contributed by atoms with E-state index in [2.05, 4.69) is 31.1 Å². The number of ether oxygens (including phenoxy) is 1. The van der Waals surface area contributed by atoms with Crippen molar-refractivity contribution in [2.45, 2.75) is 46.3 Å². The minimum Gasteiger partial charge on any atom is -0.491 e. The van der Waals surface area contributed by atoms with Gasteiger partial charge in [0, 0.05) is 42.6 Å². The number of nitrogen functional groups attached to an aromatic ring is 1. The number of hydrogen-bond donors (Lipinski definition) is 2. The van der Waals surface area contributed by atoms with Crippen molar-refractivity contribution >= 4 is 11.4 Å². The molecule has 0 fully saturated rings. The Kier molecular flexibility index (Phi) is 6.65. The lowest BCUT2D eigenvalue weighted by Crippen LogP contribution is -2.32. The average Bonchev–Trinajstić information content (AvgIpc) is 2.36. The molecule has 0 aliphatic carbocycles. The molecule has 1 aromatic carbocycles. The summed E-state index contributed by atoms with van der Waals surface area (Å²) >= 11 is 0. The first kappa shape index (κ1) is 16.6. The Morgan fingerprint density at radius 3 is 2.55 bits per heavy atom. The van der Waals surface area contributed by atoms with Gasteiger partial charge in [-0.05, 0) is 40.3 Å². The van der Waals surface area contributed by atoms with E-state index >= 15 is 0 Å². The van der Waals surface area contributed by atoms with Crippen LogP contribution in [0, 0.1) is 0 Å². The van der Waals surface area contributed by atoms with Crippen molar-refractivity contribution < 1.29 is 4.74 Å². The van der Waals surface area contributed by atoms with Gasteiger partial charge >= 0.3 is 0 Å². The Balaban J connectivity index is 2.53. The van der Waals surface area contributed by atoms with Crippen LogP contribution in [0.5, 0.6) is 5.75 Å².